The number of benzene rings is 1. The van der Waals surface area contributed by atoms with Gasteiger partial charge < -0.3 is 10.3 Å². The van der Waals surface area contributed by atoms with Crippen LogP contribution in [0.15, 0.2) is 18.2 Å². The van der Waals surface area contributed by atoms with Gasteiger partial charge in [-0.05, 0) is 19.1 Å². The number of nitro benzene ring substituents is 1. The molecule has 2 rings (SSSR count). The maximum atomic E-state index is 11.6. The van der Waals surface area contributed by atoms with Gasteiger partial charge in [-0.1, -0.05) is 6.07 Å². The molecule has 1 unspecified atom stereocenters. The molecule has 0 radical (unpaired) electrons. The van der Waals surface area contributed by atoms with Gasteiger partial charge in [-0.3, -0.25) is 16.0 Å². The Morgan fingerprint density at radius 2 is 2.20 bits per heavy atom. The molecule has 9 heteroatoms. The van der Waals surface area contributed by atoms with Crippen molar-refractivity contribution in [2.45, 2.75) is 13.0 Å². The summed E-state index contributed by atoms with van der Waals surface area (Å²) >= 11 is 0. The fraction of sp³-hybridized carbons (Fsp3) is 0.455. The van der Waals surface area contributed by atoms with E-state index in [1.807, 2.05) is 0 Å². The molecule has 0 aromatic heterocycles. The van der Waals surface area contributed by atoms with Crippen molar-refractivity contribution in [1.29, 1.82) is 0 Å². The number of nitro groups is 1. The van der Waals surface area contributed by atoms with Crippen LogP contribution in [-0.4, -0.2) is 37.4 Å². The Labute approximate surface area is 116 Å². The second-order valence-electron chi connectivity index (χ2n) is 4.73. The summed E-state index contributed by atoms with van der Waals surface area (Å²) in [5.41, 5.74) is 2.75. The number of sulfone groups is 1. The van der Waals surface area contributed by atoms with Crippen LogP contribution in [0, 0.1) is 10.1 Å². The summed E-state index contributed by atoms with van der Waals surface area (Å²) in [6, 6.07) is 4.44. The van der Waals surface area contributed by atoms with E-state index in [2.05, 4.69) is 5.43 Å². The molecule has 20 heavy (non-hydrogen) atoms. The molecule has 3 N–H and O–H groups in total. The van der Waals surface area contributed by atoms with E-state index in [4.69, 9.17) is 5.84 Å². The Bertz CT molecular complexity index is 631. The SMILES string of the molecule is CC1CS(=O)(=O)CCN1c1cccc(NN)c1[N+](=O)[O-]. The van der Waals surface area contributed by atoms with E-state index < -0.39 is 14.8 Å². The zero-order chi connectivity index (χ0) is 14.9. The van der Waals surface area contributed by atoms with Crippen LogP contribution in [0.1, 0.15) is 6.92 Å². The van der Waals surface area contributed by atoms with E-state index in [0.29, 0.717) is 5.69 Å². The van der Waals surface area contributed by atoms with Crippen LogP contribution < -0.4 is 16.2 Å². The first kappa shape index (κ1) is 14.5. The largest absolute Gasteiger partial charge is 0.361 e. The molecule has 0 spiro atoms. The van der Waals surface area contributed by atoms with Gasteiger partial charge in [-0.15, -0.1) is 0 Å². The van der Waals surface area contributed by atoms with Crippen molar-refractivity contribution >= 4 is 26.9 Å². The van der Waals surface area contributed by atoms with Crippen LogP contribution in [-0.2, 0) is 9.84 Å². The van der Waals surface area contributed by atoms with Gasteiger partial charge in [0.15, 0.2) is 9.84 Å². The second kappa shape index (κ2) is 5.25. The number of hydrogen-bond donors (Lipinski definition) is 2. The van der Waals surface area contributed by atoms with Crippen LogP contribution in [0.2, 0.25) is 0 Å². The summed E-state index contributed by atoms with van der Waals surface area (Å²) < 4.78 is 23.2. The zero-order valence-electron chi connectivity index (χ0n) is 10.9. The van der Waals surface area contributed by atoms with Crippen molar-refractivity contribution in [2.24, 2.45) is 5.84 Å². The number of hydrogen-bond acceptors (Lipinski definition) is 7. The third-order valence-corrected chi connectivity index (χ3v) is 5.13. The maximum absolute atomic E-state index is 11.6. The van der Waals surface area contributed by atoms with Gasteiger partial charge in [0.1, 0.15) is 11.4 Å². The van der Waals surface area contributed by atoms with E-state index in [-0.39, 0.29) is 35.5 Å². The number of nitrogens with two attached hydrogens (primary N) is 1. The van der Waals surface area contributed by atoms with Crippen molar-refractivity contribution < 1.29 is 13.3 Å². The number of hydrazine groups is 1. The predicted molar refractivity (Wildman–Crippen MR) is 76.4 cm³/mol. The average Bonchev–Trinajstić information content (AvgIpc) is 2.36. The van der Waals surface area contributed by atoms with E-state index in [1.54, 1.807) is 24.0 Å². The molecule has 1 atom stereocenters. The van der Waals surface area contributed by atoms with Crippen LogP contribution >= 0.6 is 0 Å². The molecule has 8 nitrogen and oxygen atoms in total. The number of anilines is 2. The number of nitrogen functional groups attached to an aromatic ring is 1. The highest BCUT2D eigenvalue weighted by Crippen LogP contribution is 2.36. The molecular formula is C11H16N4O4S. The third kappa shape index (κ3) is 2.68. The molecule has 0 amide bonds. The van der Waals surface area contributed by atoms with Crippen molar-refractivity contribution in [3.05, 3.63) is 28.3 Å². The van der Waals surface area contributed by atoms with Crippen LogP contribution in [0.5, 0.6) is 0 Å². The molecule has 1 heterocycles. The highest BCUT2D eigenvalue weighted by molar-refractivity contribution is 7.91. The van der Waals surface area contributed by atoms with Crippen molar-refractivity contribution in [3.63, 3.8) is 0 Å². The van der Waals surface area contributed by atoms with Gasteiger partial charge >= 0.3 is 5.69 Å². The summed E-state index contributed by atoms with van der Waals surface area (Å²) in [6.07, 6.45) is 0. The van der Waals surface area contributed by atoms with E-state index >= 15 is 0 Å². The molecular weight excluding hydrogens is 284 g/mol. The van der Waals surface area contributed by atoms with Gasteiger partial charge in [-0.2, -0.15) is 0 Å². The van der Waals surface area contributed by atoms with Crippen molar-refractivity contribution in [3.8, 4) is 0 Å². The Kier molecular flexibility index (Phi) is 3.82. The van der Waals surface area contributed by atoms with Gasteiger partial charge in [0.2, 0.25) is 0 Å². The quantitative estimate of drug-likeness (QED) is 0.474. The first-order valence-corrected chi connectivity index (χ1v) is 7.89. The molecule has 0 bridgehead atoms. The first-order valence-electron chi connectivity index (χ1n) is 6.07. The Hall–Kier alpha value is -1.87. The van der Waals surface area contributed by atoms with Crippen LogP contribution in [0.4, 0.5) is 17.1 Å². The molecule has 1 aliphatic heterocycles. The summed E-state index contributed by atoms with van der Waals surface area (Å²) in [5, 5.41) is 11.2. The summed E-state index contributed by atoms with van der Waals surface area (Å²) in [7, 11) is -3.07. The molecule has 1 aromatic carbocycles. The highest BCUT2D eigenvalue weighted by Gasteiger charge is 2.32. The number of nitrogens with one attached hydrogen (secondary N) is 1. The van der Waals surface area contributed by atoms with Gasteiger partial charge in [0, 0.05) is 12.6 Å². The number of para-hydroxylation sites is 1. The molecule has 0 saturated carbocycles. The fourth-order valence-corrected chi connectivity index (χ4v) is 3.98. The molecule has 1 saturated heterocycles. The van der Waals surface area contributed by atoms with E-state index in [1.165, 1.54) is 6.07 Å². The molecule has 0 aliphatic carbocycles. The van der Waals surface area contributed by atoms with Gasteiger partial charge in [0.05, 0.1) is 16.4 Å². The average molecular weight is 300 g/mol. The Balaban J connectivity index is 2.45. The maximum Gasteiger partial charge on any atom is 0.316 e. The highest BCUT2D eigenvalue weighted by atomic mass is 32.2. The second-order valence-corrected chi connectivity index (χ2v) is 6.96. The smallest absolute Gasteiger partial charge is 0.316 e. The lowest BCUT2D eigenvalue weighted by Gasteiger charge is -2.34. The standard InChI is InChI=1S/C11H16N4O4S/c1-8-7-20(18,19)6-5-14(8)10-4-2-3-9(13-12)11(10)15(16)17/h2-4,8,13H,5-7,12H2,1H3. The zero-order valence-corrected chi connectivity index (χ0v) is 11.8. The lowest BCUT2D eigenvalue weighted by Crippen LogP contribution is -2.47. The lowest BCUT2D eigenvalue weighted by molar-refractivity contribution is -0.383. The summed E-state index contributed by atoms with van der Waals surface area (Å²) in [5.74, 6) is 5.28. The lowest BCUT2D eigenvalue weighted by atomic mass is 10.2. The number of nitrogens with zero attached hydrogens (tertiary/aromatic N) is 2. The minimum Gasteiger partial charge on any atom is -0.361 e. The monoisotopic (exact) mass is 300 g/mol. The minimum absolute atomic E-state index is 0.00518. The van der Waals surface area contributed by atoms with Crippen molar-refractivity contribution in [2.75, 3.05) is 28.4 Å². The summed E-state index contributed by atoms with van der Waals surface area (Å²) in [4.78, 5) is 12.5. The molecule has 110 valence electrons. The number of rotatable bonds is 3. The summed E-state index contributed by atoms with van der Waals surface area (Å²) in [6.45, 7) is 1.97. The fourth-order valence-electron chi connectivity index (χ4n) is 2.43. The third-order valence-electron chi connectivity index (χ3n) is 3.33. The van der Waals surface area contributed by atoms with E-state index in [9.17, 15) is 18.5 Å². The first-order chi connectivity index (χ1) is 9.35. The molecule has 1 fully saturated rings. The van der Waals surface area contributed by atoms with E-state index in [0.717, 1.165) is 0 Å². The Morgan fingerprint density at radius 3 is 2.75 bits per heavy atom. The topological polar surface area (TPSA) is 119 Å². The van der Waals surface area contributed by atoms with Crippen LogP contribution in [0.25, 0.3) is 0 Å². The van der Waals surface area contributed by atoms with Gasteiger partial charge in [0.25, 0.3) is 0 Å². The van der Waals surface area contributed by atoms with Crippen molar-refractivity contribution in [1.82, 2.24) is 0 Å². The minimum atomic E-state index is -3.07. The van der Waals surface area contributed by atoms with Crippen LogP contribution in [0.3, 0.4) is 0 Å². The normalized spacial score (nSPS) is 21.5. The van der Waals surface area contributed by atoms with Gasteiger partial charge in [-0.25, -0.2) is 8.42 Å². The predicted octanol–water partition coefficient (Wildman–Crippen LogP) is 0.504. The Morgan fingerprint density at radius 1 is 1.50 bits per heavy atom. The molecule has 1 aliphatic rings. The molecule has 1 aromatic rings.